The molecule has 2 aromatic carbocycles. The van der Waals surface area contributed by atoms with Crippen molar-refractivity contribution < 1.29 is 24.0 Å². The Bertz CT molecular complexity index is 734. The molecule has 6 nitrogen and oxygen atoms in total. The van der Waals surface area contributed by atoms with E-state index in [2.05, 4.69) is 15.9 Å². The molecular weight excluding hydrogens is 349 g/mol. The summed E-state index contributed by atoms with van der Waals surface area (Å²) in [6, 6.07) is 7.55. The van der Waals surface area contributed by atoms with Gasteiger partial charge in [-0.3, -0.25) is 10.1 Å². The minimum atomic E-state index is -1.50. The highest BCUT2D eigenvalue weighted by molar-refractivity contribution is 9.10. The topological polar surface area (TPSA) is 89.7 Å². The molecule has 8 heteroatoms. The molecule has 21 heavy (non-hydrogen) atoms. The second-order valence-corrected chi connectivity index (χ2v) is 4.66. The van der Waals surface area contributed by atoms with E-state index in [0.29, 0.717) is 0 Å². The van der Waals surface area contributed by atoms with Gasteiger partial charge in [0.2, 0.25) is 0 Å². The van der Waals surface area contributed by atoms with Gasteiger partial charge in [-0.05, 0) is 34.1 Å². The van der Waals surface area contributed by atoms with E-state index in [1.54, 1.807) is 0 Å². The van der Waals surface area contributed by atoms with Gasteiger partial charge in [0, 0.05) is 6.07 Å². The van der Waals surface area contributed by atoms with Crippen LogP contribution < -0.4 is 4.74 Å². The Kier molecular flexibility index (Phi) is 4.18. The maximum atomic E-state index is 13.5. The van der Waals surface area contributed by atoms with E-state index in [1.165, 1.54) is 30.3 Å². The standard InChI is InChI=1S/C13H7BrFNO5/c14-12-8(16(19)20)4-2-6-10(12)21-9-5-1-3-7(15)11(9)13(17)18/h1-6H,(H,17,18). The summed E-state index contributed by atoms with van der Waals surface area (Å²) in [5, 5.41) is 19.8. The van der Waals surface area contributed by atoms with Crippen LogP contribution in [0.4, 0.5) is 10.1 Å². The molecule has 0 aliphatic rings. The number of rotatable bonds is 4. The molecule has 0 saturated carbocycles. The Labute approximate surface area is 126 Å². The van der Waals surface area contributed by atoms with E-state index in [0.717, 1.165) is 6.07 Å². The fourth-order valence-corrected chi connectivity index (χ4v) is 2.12. The number of nitro groups is 1. The molecule has 0 radical (unpaired) electrons. The molecule has 108 valence electrons. The summed E-state index contributed by atoms with van der Waals surface area (Å²) in [5.41, 5.74) is -0.892. The fourth-order valence-electron chi connectivity index (χ4n) is 1.63. The molecule has 0 spiro atoms. The normalized spacial score (nSPS) is 10.2. The van der Waals surface area contributed by atoms with Crippen LogP contribution in [0.25, 0.3) is 0 Å². The highest BCUT2D eigenvalue weighted by atomic mass is 79.9. The number of carbonyl (C=O) groups is 1. The lowest BCUT2D eigenvalue weighted by molar-refractivity contribution is -0.385. The van der Waals surface area contributed by atoms with Crippen molar-refractivity contribution in [3.8, 4) is 11.5 Å². The zero-order valence-corrected chi connectivity index (χ0v) is 11.8. The summed E-state index contributed by atoms with van der Waals surface area (Å²) in [7, 11) is 0. The third-order valence-corrected chi connectivity index (χ3v) is 3.35. The number of halogens is 2. The van der Waals surface area contributed by atoms with Crippen molar-refractivity contribution >= 4 is 27.6 Å². The van der Waals surface area contributed by atoms with Crippen LogP contribution in [0.15, 0.2) is 40.9 Å². The number of hydrogen-bond donors (Lipinski definition) is 1. The first-order chi connectivity index (χ1) is 9.91. The van der Waals surface area contributed by atoms with Crippen molar-refractivity contribution in [3.63, 3.8) is 0 Å². The van der Waals surface area contributed by atoms with Gasteiger partial charge in [-0.25, -0.2) is 9.18 Å². The minimum absolute atomic E-state index is 0.0114. The van der Waals surface area contributed by atoms with E-state index in [4.69, 9.17) is 9.84 Å². The second-order valence-electron chi connectivity index (χ2n) is 3.87. The largest absolute Gasteiger partial charge is 0.477 e. The first-order valence-electron chi connectivity index (χ1n) is 5.54. The first kappa shape index (κ1) is 14.9. The van der Waals surface area contributed by atoms with Crippen LogP contribution in [-0.2, 0) is 0 Å². The molecule has 0 aliphatic carbocycles. The predicted molar refractivity (Wildman–Crippen MR) is 74.2 cm³/mol. The van der Waals surface area contributed by atoms with Crippen molar-refractivity contribution in [2.45, 2.75) is 0 Å². The third kappa shape index (κ3) is 3.00. The molecule has 0 bridgehead atoms. The van der Waals surface area contributed by atoms with Crippen LogP contribution in [0.3, 0.4) is 0 Å². The minimum Gasteiger partial charge on any atom is -0.477 e. The number of aromatic carboxylic acids is 1. The summed E-state index contributed by atoms with van der Waals surface area (Å²) >= 11 is 3.01. The molecular formula is C13H7BrFNO5. The van der Waals surface area contributed by atoms with Crippen LogP contribution in [-0.4, -0.2) is 16.0 Å². The van der Waals surface area contributed by atoms with E-state index in [1.807, 2.05) is 0 Å². The summed E-state index contributed by atoms with van der Waals surface area (Å²) in [6.07, 6.45) is 0. The molecule has 0 saturated heterocycles. The van der Waals surface area contributed by atoms with E-state index < -0.39 is 22.3 Å². The zero-order chi connectivity index (χ0) is 15.6. The average Bonchev–Trinajstić information content (AvgIpc) is 2.40. The maximum absolute atomic E-state index is 13.5. The second kappa shape index (κ2) is 5.88. The number of carboxylic acids is 1. The van der Waals surface area contributed by atoms with Gasteiger partial charge >= 0.3 is 5.97 Å². The maximum Gasteiger partial charge on any atom is 0.342 e. The van der Waals surface area contributed by atoms with Crippen LogP contribution in [0.5, 0.6) is 11.5 Å². The van der Waals surface area contributed by atoms with Gasteiger partial charge in [-0.2, -0.15) is 0 Å². The zero-order valence-electron chi connectivity index (χ0n) is 10.2. The van der Waals surface area contributed by atoms with Gasteiger partial charge in [0.05, 0.1) is 4.92 Å². The van der Waals surface area contributed by atoms with E-state index in [-0.39, 0.29) is 21.7 Å². The van der Waals surface area contributed by atoms with Crippen LogP contribution in [0.1, 0.15) is 10.4 Å². The monoisotopic (exact) mass is 355 g/mol. The summed E-state index contributed by atoms with van der Waals surface area (Å²) in [6.45, 7) is 0. The van der Waals surface area contributed by atoms with Gasteiger partial charge in [0.25, 0.3) is 5.69 Å². The fraction of sp³-hybridized carbons (Fsp3) is 0. The van der Waals surface area contributed by atoms with Crippen LogP contribution in [0, 0.1) is 15.9 Å². The van der Waals surface area contributed by atoms with E-state index >= 15 is 0 Å². The van der Waals surface area contributed by atoms with Gasteiger partial charge < -0.3 is 9.84 Å². The molecule has 2 rings (SSSR count). The number of carboxylic acid groups (broad SMARTS) is 1. The Balaban J connectivity index is 2.49. The van der Waals surface area contributed by atoms with Gasteiger partial charge in [0.1, 0.15) is 27.4 Å². The molecule has 0 atom stereocenters. The number of benzene rings is 2. The lowest BCUT2D eigenvalue weighted by atomic mass is 10.2. The molecule has 0 amide bonds. The third-order valence-electron chi connectivity index (χ3n) is 2.55. The smallest absolute Gasteiger partial charge is 0.342 e. The number of ether oxygens (including phenoxy) is 1. The van der Waals surface area contributed by atoms with Crippen molar-refractivity contribution in [2.24, 2.45) is 0 Å². The number of nitro benzene ring substituents is 1. The molecule has 0 fully saturated rings. The van der Waals surface area contributed by atoms with Crippen LogP contribution in [0.2, 0.25) is 0 Å². The van der Waals surface area contributed by atoms with Gasteiger partial charge in [0.15, 0.2) is 0 Å². The van der Waals surface area contributed by atoms with Gasteiger partial charge in [-0.1, -0.05) is 12.1 Å². The molecule has 0 unspecified atom stereocenters. The Morgan fingerprint density at radius 2 is 1.86 bits per heavy atom. The van der Waals surface area contributed by atoms with Crippen molar-refractivity contribution in [2.75, 3.05) is 0 Å². The van der Waals surface area contributed by atoms with Gasteiger partial charge in [-0.15, -0.1) is 0 Å². The summed E-state index contributed by atoms with van der Waals surface area (Å²) in [5.74, 6) is -2.69. The van der Waals surface area contributed by atoms with Crippen LogP contribution >= 0.6 is 15.9 Å². The van der Waals surface area contributed by atoms with Crippen molar-refractivity contribution in [1.29, 1.82) is 0 Å². The average molecular weight is 356 g/mol. The first-order valence-corrected chi connectivity index (χ1v) is 6.33. The lowest BCUT2D eigenvalue weighted by Crippen LogP contribution is -2.03. The quantitative estimate of drug-likeness (QED) is 0.661. The SMILES string of the molecule is O=C(O)c1c(F)cccc1Oc1cccc([N+](=O)[O-])c1Br. The molecule has 2 aromatic rings. The summed E-state index contributed by atoms with van der Waals surface area (Å²) in [4.78, 5) is 21.3. The lowest BCUT2D eigenvalue weighted by Gasteiger charge is -2.10. The molecule has 0 aromatic heterocycles. The number of hydrogen-bond acceptors (Lipinski definition) is 4. The number of nitrogens with zero attached hydrogens (tertiary/aromatic N) is 1. The molecule has 0 heterocycles. The van der Waals surface area contributed by atoms with Crippen molar-refractivity contribution in [1.82, 2.24) is 0 Å². The Morgan fingerprint density at radius 3 is 2.48 bits per heavy atom. The highest BCUT2D eigenvalue weighted by Gasteiger charge is 2.21. The van der Waals surface area contributed by atoms with Crippen molar-refractivity contribution in [3.05, 3.63) is 62.4 Å². The predicted octanol–water partition coefficient (Wildman–Crippen LogP) is 3.99. The highest BCUT2D eigenvalue weighted by Crippen LogP contribution is 2.37. The Hall–Kier alpha value is -2.48. The Morgan fingerprint density at radius 1 is 1.24 bits per heavy atom. The molecule has 0 aliphatic heterocycles. The van der Waals surface area contributed by atoms with E-state index in [9.17, 15) is 19.3 Å². The summed E-state index contributed by atoms with van der Waals surface area (Å²) < 4.78 is 18.9. The molecule has 1 N–H and O–H groups in total.